The van der Waals surface area contributed by atoms with Crippen LogP contribution in [0.15, 0.2) is 64.1 Å². The number of hydrogen-bond acceptors (Lipinski definition) is 7. The van der Waals surface area contributed by atoms with Crippen LogP contribution < -0.4 is 19.7 Å². The molecule has 3 aromatic rings. The summed E-state index contributed by atoms with van der Waals surface area (Å²) in [7, 11) is 0.0123. The molecule has 1 heterocycles. The van der Waals surface area contributed by atoms with Crippen LogP contribution in [0.4, 0.5) is 22.9 Å². The average molecular weight is 492 g/mol. The van der Waals surface area contributed by atoms with Gasteiger partial charge in [-0.2, -0.15) is 5.10 Å². The summed E-state index contributed by atoms with van der Waals surface area (Å²) < 4.78 is 34.4. The molecule has 0 atom stereocenters. The normalized spacial score (nSPS) is 11.1. The van der Waals surface area contributed by atoms with E-state index < -0.39 is 10.0 Å². The molecule has 0 radical (unpaired) electrons. The summed E-state index contributed by atoms with van der Waals surface area (Å²) in [4.78, 5) is 1.99. The van der Waals surface area contributed by atoms with Crippen LogP contribution in [0, 0.1) is 0 Å². The lowest BCUT2D eigenvalue weighted by molar-refractivity contribution is 0.331. The monoisotopic (exact) mass is 491 g/mol. The number of benzene rings is 2. The highest BCUT2D eigenvalue weighted by atomic mass is 79.9. The Morgan fingerprint density at radius 3 is 2.43 bits per heavy atom. The van der Waals surface area contributed by atoms with Gasteiger partial charge in [0.2, 0.25) is 0 Å². The fourth-order valence-corrected chi connectivity index (χ4v) is 4.35. The van der Waals surface area contributed by atoms with Crippen molar-refractivity contribution in [2.24, 2.45) is 0 Å². The van der Waals surface area contributed by atoms with Gasteiger partial charge in [-0.25, -0.2) is 8.42 Å². The number of sulfonamides is 1. The first-order valence-electron chi connectivity index (χ1n) is 9.11. The number of nitrogens with zero attached hydrogens (tertiary/aromatic N) is 3. The van der Waals surface area contributed by atoms with E-state index in [0.29, 0.717) is 28.3 Å². The van der Waals surface area contributed by atoms with E-state index in [0.717, 1.165) is 11.4 Å². The zero-order valence-electron chi connectivity index (χ0n) is 16.8. The molecule has 0 bridgehead atoms. The largest absolute Gasteiger partial charge is 0.492 e. The Labute approximate surface area is 184 Å². The molecule has 30 heavy (non-hydrogen) atoms. The molecule has 2 aromatic carbocycles. The van der Waals surface area contributed by atoms with Gasteiger partial charge in [-0.1, -0.05) is 15.9 Å². The lowest BCUT2D eigenvalue weighted by atomic mass is 10.3. The first-order valence-corrected chi connectivity index (χ1v) is 11.4. The quantitative estimate of drug-likeness (QED) is 0.486. The molecule has 0 aliphatic rings. The van der Waals surface area contributed by atoms with Crippen molar-refractivity contribution in [3.8, 4) is 5.75 Å². The highest BCUT2D eigenvalue weighted by molar-refractivity contribution is 9.10. The molecule has 0 spiro atoms. The molecule has 1 aromatic heterocycles. The Hall–Kier alpha value is -2.85. The van der Waals surface area contributed by atoms with Crippen LogP contribution in [0.2, 0.25) is 0 Å². The Balaban J connectivity index is 1.77. The van der Waals surface area contributed by atoms with Gasteiger partial charge in [0.05, 0.1) is 18.5 Å². The Morgan fingerprint density at radius 2 is 1.77 bits per heavy atom. The third-order valence-electron chi connectivity index (χ3n) is 4.06. The van der Waals surface area contributed by atoms with E-state index in [4.69, 9.17) is 4.74 Å². The minimum absolute atomic E-state index is 0.0664. The molecular formula is C20H22BrN5O3S. The van der Waals surface area contributed by atoms with Crippen LogP contribution in [0.25, 0.3) is 0 Å². The van der Waals surface area contributed by atoms with E-state index in [9.17, 15) is 8.42 Å². The van der Waals surface area contributed by atoms with Crippen molar-refractivity contribution in [3.63, 3.8) is 0 Å². The second kappa shape index (κ2) is 9.31. The zero-order valence-corrected chi connectivity index (χ0v) is 19.2. The van der Waals surface area contributed by atoms with Crippen LogP contribution in [0.1, 0.15) is 6.92 Å². The highest BCUT2D eigenvalue weighted by Crippen LogP contribution is 2.29. The van der Waals surface area contributed by atoms with Crippen molar-refractivity contribution in [2.75, 3.05) is 35.6 Å². The number of rotatable bonds is 8. The van der Waals surface area contributed by atoms with Crippen LogP contribution in [0.5, 0.6) is 5.75 Å². The summed E-state index contributed by atoms with van der Waals surface area (Å²) in [5.74, 6) is 0.885. The third kappa shape index (κ3) is 5.39. The van der Waals surface area contributed by atoms with Gasteiger partial charge in [0.1, 0.15) is 10.6 Å². The Bertz CT molecular complexity index is 1120. The molecule has 0 aliphatic heterocycles. The van der Waals surface area contributed by atoms with Gasteiger partial charge in [0, 0.05) is 36.0 Å². The first-order chi connectivity index (χ1) is 14.3. The summed E-state index contributed by atoms with van der Waals surface area (Å²) in [6, 6.07) is 13.6. The second-order valence-corrected chi connectivity index (χ2v) is 9.09. The maximum absolute atomic E-state index is 12.9. The number of aromatic nitrogens is 2. The van der Waals surface area contributed by atoms with E-state index in [1.807, 2.05) is 25.1 Å². The van der Waals surface area contributed by atoms with E-state index in [-0.39, 0.29) is 4.90 Å². The summed E-state index contributed by atoms with van der Waals surface area (Å²) in [5, 5.41) is 11.2. The first kappa shape index (κ1) is 21.8. The molecule has 0 saturated carbocycles. The minimum atomic E-state index is -3.83. The van der Waals surface area contributed by atoms with Crippen molar-refractivity contribution >= 4 is 48.8 Å². The predicted molar refractivity (Wildman–Crippen MR) is 122 cm³/mol. The number of ether oxygens (including phenoxy) is 1. The molecule has 0 unspecified atom stereocenters. The van der Waals surface area contributed by atoms with Crippen LogP contribution >= 0.6 is 15.9 Å². The lowest BCUT2D eigenvalue weighted by Crippen LogP contribution is -2.14. The minimum Gasteiger partial charge on any atom is -0.492 e. The number of halogens is 1. The molecule has 158 valence electrons. The molecule has 0 aliphatic carbocycles. The fourth-order valence-electron chi connectivity index (χ4n) is 2.61. The summed E-state index contributed by atoms with van der Waals surface area (Å²) in [6.07, 6.45) is 1.67. The molecule has 0 saturated heterocycles. The topological polar surface area (TPSA) is 96.5 Å². The van der Waals surface area contributed by atoms with Gasteiger partial charge in [-0.15, -0.1) is 5.10 Å². The molecule has 0 amide bonds. The van der Waals surface area contributed by atoms with Crippen molar-refractivity contribution in [2.45, 2.75) is 11.8 Å². The van der Waals surface area contributed by atoms with E-state index >= 15 is 0 Å². The van der Waals surface area contributed by atoms with Crippen molar-refractivity contribution in [1.29, 1.82) is 0 Å². The smallest absolute Gasteiger partial charge is 0.265 e. The van der Waals surface area contributed by atoms with Gasteiger partial charge in [0.25, 0.3) is 10.0 Å². The van der Waals surface area contributed by atoms with Gasteiger partial charge < -0.3 is 15.0 Å². The van der Waals surface area contributed by atoms with Gasteiger partial charge in [-0.05, 0) is 49.4 Å². The number of anilines is 4. The molecule has 0 fully saturated rings. The maximum Gasteiger partial charge on any atom is 0.265 e. The van der Waals surface area contributed by atoms with Crippen molar-refractivity contribution in [3.05, 3.63) is 59.2 Å². The summed E-state index contributed by atoms with van der Waals surface area (Å²) >= 11 is 3.31. The standard InChI is InChI=1S/C20H22BrN5O3S/c1-4-29-18-10-5-14(21)11-19(18)30(27,28)25-16-8-6-15(7-9-16)23-20-12-17(26(2)3)13-22-24-20/h5-13,25H,4H2,1-3H3,(H,23,24). The van der Waals surface area contributed by atoms with Gasteiger partial charge in [0.15, 0.2) is 5.82 Å². The maximum atomic E-state index is 12.9. The Kier molecular flexibility index (Phi) is 6.78. The average Bonchev–Trinajstić information content (AvgIpc) is 2.71. The number of nitrogens with one attached hydrogen (secondary N) is 2. The molecule has 10 heteroatoms. The molecule has 3 rings (SSSR count). The van der Waals surface area contributed by atoms with Crippen molar-refractivity contribution < 1.29 is 13.2 Å². The Morgan fingerprint density at radius 1 is 1.07 bits per heavy atom. The van der Waals surface area contributed by atoms with Crippen LogP contribution in [0.3, 0.4) is 0 Å². The number of hydrogen-bond donors (Lipinski definition) is 2. The van der Waals surface area contributed by atoms with E-state index in [2.05, 4.69) is 36.2 Å². The fraction of sp³-hybridized carbons (Fsp3) is 0.200. The SMILES string of the molecule is CCOc1ccc(Br)cc1S(=O)(=O)Nc1ccc(Nc2cc(N(C)C)cnn2)cc1. The highest BCUT2D eigenvalue weighted by Gasteiger charge is 2.20. The second-order valence-electron chi connectivity index (χ2n) is 6.53. The van der Waals surface area contributed by atoms with Crippen LogP contribution in [-0.4, -0.2) is 39.3 Å². The zero-order chi connectivity index (χ0) is 21.7. The molecule has 8 nitrogen and oxygen atoms in total. The van der Waals surface area contributed by atoms with E-state index in [1.54, 1.807) is 49.5 Å². The molecule has 2 N–H and O–H groups in total. The third-order valence-corrected chi connectivity index (χ3v) is 5.96. The van der Waals surface area contributed by atoms with E-state index in [1.165, 1.54) is 6.07 Å². The lowest BCUT2D eigenvalue weighted by Gasteiger charge is -2.14. The van der Waals surface area contributed by atoms with Crippen LogP contribution in [-0.2, 0) is 10.0 Å². The van der Waals surface area contributed by atoms with Crippen molar-refractivity contribution in [1.82, 2.24) is 10.2 Å². The van der Waals surface area contributed by atoms with Gasteiger partial charge >= 0.3 is 0 Å². The molecular weight excluding hydrogens is 470 g/mol. The summed E-state index contributed by atoms with van der Waals surface area (Å²) in [6.45, 7) is 2.17. The predicted octanol–water partition coefficient (Wildman–Crippen LogP) is 4.25. The van der Waals surface area contributed by atoms with Gasteiger partial charge in [-0.3, -0.25) is 4.72 Å². The summed E-state index contributed by atoms with van der Waals surface area (Å²) in [5.41, 5.74) is 2.09.